The van der Waals surface area contributed by atoms with Crippen LogP contribution in [-0.2, 0) is 9.84 Å². The van der Waals surface area contributed by atoms with Gasteiger partial charge in [-0.05, 0) is 42.7 Å². The first kappa shape index (κ1) is 22.9. The van der Waals surface area contributed by atoms with Crippen LogP contribution in [0.2, 0.25) is 0 Å². The summed E-state index contributed by atoms with van der Waals surface area (Å²) in [6.45, 7) is 5.98. The molecule has 0 aliphatic rings. The number of sulfone groups is 1. The molecule has 31 heavy (non-hydrogen) atoms. The highest BCUT2D eigenvalue weighted by Gasteiger charge is 2.24. The summed E-state index contributed by atoms with van der Waals surface area (Å²) in [6, 6.07) is 13.0. The van der Waals surface area contributed by atoms with Crippen LogP contribution >= 0.6 is 0 Å². The van der Waals surface area contributed by atoms with Gasteiger partial charge in [0.1, 0.15) is 10.6 Å². The van der Waals surface area contributed by atoms with Gasteiger partial charge < -0.3 is 9.64 Å². The van der Waals surface area contributed by atoms with Crippen LogP contribution < -0.4 is 9.64 Å². The third-order valence-corrected chi connectivity index (χ3v) is 6.24. The molecule has 6 nitrogen and oxygen atoms in total. The monoisotopic (exact) mass is 441 g/mol. The Labute approximate surface area is 185 Å². The lowest BCUT2D eigenvalue weighted by Gasteiger charge is -2.28. The maximum Gasteiger partial charge on any atom is 0.179 e. The van der Waals surface area contributed by atoms with Gasteiger partial charge in [-0.3, -0.25) is 5.10 Å². The lowest BCUT2D eigenvalue weighted by molar-refractivity contribution is 0.465. The normalized spacial score (nSPS) is 11.5. The van der Waals surface area contributed by atoms with E-state index in [0.717, 1.165) is 55.6 Å². The fourth-order valence-electron chi connectivity index (χ4n) is 3.43. The Morgan fingerprint density at radius 1 is 1.00 bits per heavy atom. The second kappa shape index (κ2) is 10.5. The van der Waals surface area contributed by atoms with Gasteiger partial charge in [0.25, 0.3) is 0 Å². The maximum atomic E-state index is 12.8. The molecule has 7 heteroatoms. The van der Waals surface area contributed by atoms with Gasteiger partial charge in [0.15, 0.2) is 15.6 Å². The van der Waals surface area contributed by atoms with Gasteiger partial charge in [-0.1, -0.05) is 44.9 Å². The Hall–Kier alpha value is -2.80. The third-order valence-electron chi connectivity index (χ3n) is 5.13. The number of benzene rings is 2. The minimum atomic E-state index is -3.55. The minimum absolute atomic E-state index is 0.183. The molecule has 2 aromatic carbocycles. The number of nitrogens with zero attached hydrogens (tertiary/aromatic N) is 2. The van der Waals surface area contributed by atoms with Crippen LogP contribution in [0, 0.1) is 0 Å². The van der Waals surface area contributed by atoms with E-state index in [1.807, 2.05) is 36.4 Å². The SMILES string of the molecule is CCCCN(CCCC)c1cc(-c2cn[nH]c2)cc(S(C)(=O)=O)c1Oc1ccccc1. The van der Waals surface area contributed by atoms with Gasteiger partial charge in [0.05, 0.1) is 11.9 Å². The van der Waals surface area contributed by atoms with Crippen molar-refractivity contribution < 1.29 is 13.2 Å². The van der Waals surface area contributed by atoms with Crippen molar-refractivity contribution in [1.82, 2.24) is 10.2 Å². The molecule has 0 fully saturated rings. The van der Waals surface area contributed by atoms with E-state index in [4.69, 9.17) is 4.74 Å². The topological polar surface area (TPSA) is 75.3 Å². The fourth-order valence-corrected chi connectivity index (χ4v) is 4.26. The minimum Gasteiger partial charge on any atom is -0.454 e. The van der Waals surface area contributed by atoms with Crippen molar-refractivity contribution in [1.29, 1.82) is 0 Å². The second-order valence-electron chi connectivity index (χ2n) is 7.69. The molecule has 1 heterocycles. The Morgan fingerprint density at radius 2 is 1.68 bits per heavy atom. The van der Waals surface area contributed by atoms with Crippen molar-refractivity contribution in [3.8, 4) is 22.6 Å². The largest absolute Gasteiger partial charge is 0.454 e. The van der Waals surface area contributed by atoms with E-state index in [-0.39, 0.29) is 4.90 Å². The van der Waals surface area contributed by atoms with Gasteiger partial charge in [-0.2, -0.15) is 5.10 Å². The highest BCUT2D eigenvalue weighted by Crippen LogP contribution is 2.42. The molecule has 0 saturated heterocycles. The van der Waals surface area contributed by atoms with E-state index in [1.165, 1.54) is 6.26 Å². The first-order valence-electron chi connectivity index (χ1n) is 10.8. The molecule has 0 radical (unpaired) electrons. The number of hydrogen-bond acceptors (Lipinski definition) is 5. The van der Waals surface area contributed by atoms with Crippen molar-refractivity contribution in [2.75, 3.05) is 24.2 Å². The Kier molecular flexibility index (Phi) is 7.74. The van der Waals surface area contributed by atoms with Crippen molar-refractivity contribution >= 4 is 15.5 Å². The number of rotatable bonds is 11. The number of nitrogens with one attached hydrogen (secondary N) is 1. The van der Waals surface area contributed by atoms with Crippen molar-refractivity contribution in [3.63, 3.8) is 0 Å². The van der Waals surface area contributed by atoms with Crippen LogP contribution in [0.3, 0.4) is 0 Å². The van der Waals surface area contributed by atoms with Gasteiger partial charge in [-0.15, -0.1) is 0 Å². The number of hydrogen-bond donors (Lipinski definition) is 1. The quantitative estimate of drug-likeness (QED) is 0.414. The number of aromatic amines is 1. The second-order valence-corrected chi connectivity index (χ2v) is 9.68. The fraction of sp³-hybridized carbons (Fsp3) is 0.375. The summed E-state index contributed by atoms with van der Waals surface area (Å²) in [6.07, 6.45) is 8.83. The molecular weight excluding hydrogens is 410 g/mol. The van der Waals surface area contributed by atoms with Crippen molar-refractivity contribution in [2.45, 2.75) is 44.4 Å². The van der Waals surface area contributed by atoms with Crippen LogP contribution in [0.5, 0.6) is 11.5 Å². The van der Waals surface area contributed by atoms with Gasteiger partial charge >= 0.3 is 0 Å². The average molecular weight is 442 g/mol. The number of ether oxygens (including phenoxy) is 1. The number of anilines is 1. The maximum absolute atomic E-state index is 12.8. The first-order valence-corrected chi connectivity index (χ1v) is 12.7. The van der Waals surface area contributed by atoms with Gasteiger partial charge in [0, 0.05) is 31.1 Å². The van der Waals surface area contributed by atoms with Crippen LogP contribution in [0.25, 0.3) is 11.1 Å². The standard InChI is InChI=1S/C24H31N3O3S/c1-4-6-13-27(14-7-5-2)22-15-19(20-17-25-26-18-20)16-23(31(3,28)29)24(22)30-21-11-9-8-10-12-21/h8-12,15-18H,4-7,13-14H2,1-3H3,(H,25,26). The van der Waals surface area contributed by atoms with E-state index in [1.54, 1.807) is 18.5 Å². The highest BCUT2D eigenvalue weighted by atomic mass is 32.2. The zero-order valence-corrected chi connectivity index (χ0v) is 19.3. The molecule has 166 valence electrons. The van der Waals surface area contributed by atoms with Crippen LogP contribution in [0.1, 0.15) is 39.5 Å². The molecule has 0 unspecified atom stereocenters. The van der Waals surface area contributed by atoms with Gasteiger partial charge in [-0.25, -0.2) is 8.42 Å². The predicted molar refractivity (Wildman–Crippen MR) is 126 cm³/mol. The molecular formula is C24H31N3O3S. The number of unbranched alkanes of at least 4 members (excludes halogenated alkanes) is 2. The lowest BCUT2D eigenvalue weighted by Crippen LogP contribution is -2.26. The first-order chi connectivity index (χ1) is 14.9. The summed E-state index contributed by atoms with van der Waals surface area (Å²) in [5, 5.41) is 6.85. The smallest absolute Gasteiger partial charge is 0.179 e. The molecule has 1 N–H and O–H groups in total. The summed E-state index contributed by atoms with van der Waals surface area (Å²) >= 11 is 0. The molecule has 0 aliphatic heterocycles. The van der Waals surface area contributed by atoms with E-state index in [9.17, 15) is 8.42 Å². The summed E-state index contributed by atoms with van der Waals surface area (Å²) in [7, 11) is -3.55. The zero-order valence-electron chi connectivity index (χ0n) is 18.5. The average Bonchev–Trinajstić information content (AvgIpc) is 3.29. The molecule has 0 atom stereocenters. The van der Waals surface area contributed by atoms with Crippen molar-refractivity contribution in [3.05, 3.63) is 54.9 Å². The van der Waals surface area contributed by atoms with E-state index in [2.05, 4.69) is 28.9 Å². The molecule has 0 saturated carbocycles. The van der Waals surface area contributed by atoms with Crippen LogP contribution in [-0.4, -0.2) is 38.0 Å². The molecule has 1 aromatic heterocycles. The molecule has 3 aromatic rings. The van der Waals surface area contributed by atoms with Crippen LogP contribution in [0.4, 0.5) is 5.69 Å². The summed E-state index contributed by atoms with van der Waals surface area (Å²) < 4.78 is 31.9. The molecule has 0 spiro atoms. The summed E-state index contributed by atoms with van der Waals surface area (Å²) in [5.41, 5.74) is 2.43. The Bertz CT molecular complexity index is 1060. The van der Waals surface area contributed by atoms with E-state index in [0.29, 0.717) is 11.5 Å². The van der Waals surface area contributed by atoms with Crippen molar-refractivity contribution in [2.24, 2.45) is 0 Å². The number of para-hydroxylation sites is 1. The summed E-state index contributed by atoms with van der Waals surface area (Å²) in [5.74, 6) is 0.990. The number of aromatic nitrogens is 2. The molecule has 3 rings (SSSR count). The molecule has 0 bridgehead atoms. The van der Waals surface area contributed by atoms with Crippen LogP contribution in [0.15, 0.2) is 59.8 Å². The van der Waals surface area contributed by atoms with E-state index >= 15 is 0 Å². The Balaban J connectivity index is 2.22. The van der Waals surface area contributed by atoms with E-state index < -0.39 is 9.84 Å². The highest BCUT2D eigenvalue weighted by molar-refractivity contribution is 7.90. The third kappa shape index (κ3) is 5.88. The number of H-pyrrole nitrogens is 1. The molecule has 0 amide bonds. The zero-order chi connectivity index (χ0) is 22.3. The Morgan fingerprint density at radius 3 is 2.23 bits per heavy atom. The molecule has 0 aliphatic carbocycles. The lowest BCUT2D eigenvalue weighted by atomic mass is 10.1. The summed E-state index contributed by atoms with van der Waals surface area (Å²) in [4.78, 5) is 2.44. The predicted octanol–water partition coefficient (Wildman–Crippen LogP) is 5.68. The van der Waals surface area contributed by atoms with Gasteiger partial charge in [0.2, 0.25) is 0 Å².